The maximum absolute atomic E-state index is 12.5. The summed E-state index contributed by atoms with van der Waals surface area (Å²) in [6.07, 6.45) is 0. The predicted octanol–water partition coefficient (Wildman–Crippen LogP) is 4.11. The van der Waals surface area contributed by atoms with E-state index in [1.54, 1.807) is 23.5 Å². The number of para-hydroxylation sites is 1. The van der Waals surface area contributed by atoms with E-state index in [0.29, 0.717) is 10.7 Å². The number of methoxy groups -OCH3 is 1. The molecule has 0 fully saturated rings. The van der Waals surface area contributed by atoms with E-state index >= 15 is 0 Å². The van der Waals surface area contributed by atoms with Gasteiger partial charge in [-0.05, 0) is 41.3 Å². The second-order valence-electron chi connectivity index (χ2n) is 6.86. The van der Waals surface area contributed by atoms with E-state index in [0.717, 1.165) is 16.4 Å². The van der Waals surface area contributed by atoms with Gasteiger partial charge in [-0.15, -0.1) is 21.5 Å². The first-order chi connectivity index (χ1) is 16.1. The van der Waals surface area contributed by atoms with Gasteiger partial charge in [-0.25, -0.2) is 4.79 Å². The summed E-state index contributed by atoms with van der Waals surface area (Å²) in [5.41, 5.74) is 1.63. The molecule has 0 saturated heterocycles. The molecule has 2 aromatic carbocycles. The summed E-state index contributed by atoms with van der Waals surface area (Å²) in [4.78, 5) is 24.9. The number of nitrogens with zero attached hydrogens (tertiary/aromatic N) is 3. The van der Waals surface area contributed by atoms with Crippen LogP contribution in [0.2, 0.25) is 0 Å². The molecule has 1 amide bonds. The molecule has 168 valence electrons. The monoisotopic (exact) mass is 480 g/mol. The van der Waals surface area contributed by atoms with Crippen LogP contribution in [0.3, 0.4) is 0 Å². The van der Waals surface area contributed by atoms with Gasteiger partial charge in [0.25, 0.3) is 0 Å². The van der Waals surface area contributed by atoms with E-state index in [9.17, 15) is 14.7 Å². The molecule has 0 spiro atoms. The van der Waals surface area contributed by atoms with Crippen LogP contribution in [-0.2, 0) is 11.3 Å². The number of hydrogen-bond acceptors (Lipinski definition) is 7. The van der Waals surface area contributed by atoms with Gasteiger partial charge in [0, 0.05) is 12.2 Å². The first-order valence-electron chi connectivity index (χ1n) is 9.91. The predicted molar refractivity (Wildman–Crippen MR) is 127 cm³/mol. The number of carboxylic acids is 1. The van der Waals surface area contributed by atoms with Crippen LogP contribution in [-0.4, -0.2) is 44.6 Å². The van der Waals surface area contributed by atoms with Gasteiger partial charge in [0.2, 0.25) is 5.91 Å². The summed E-state index contributed by atoms with van der Waals surface area (Å²) in [5.74, 6) is -0.156. The molecule has 0 aliphatic heterocycles. The number of aromatic nitrogens is 3. The molecule has 2 N–H and O–H groups in total. The van der Waals surface area contributed by atoms with Gasteiger partial charge < -0.3 is 15.2 Å². The number of carbonyl (C=O) groups is 2. The number of thioether (sulfide) groups is 1. The molecule has 0 unspecified atom stereocenters. The molecule has 2 aromatic heterocycles. The Morgan fingerprint density at radius 2 is 1.94 bits per heavy atom. The Hall–Kier alpha value is -3.63. The molecule has 0 aliphatic carbocycles. The number of hydrogen-bond donors (Lipinski definition) is 2. The molecule has 0 atom stereocenters. The highest BCUT2D eigenvalue weighted by molar-refractivity contribution is 7.99. The van der Waals surface area contributed by atoms with Gasteiger partial charge in [-0.1, -0.05) is 42.1 Å². The molecule has 10 heteroatoms. The normalized spacial score (nSPS) is 10.7. The second kappa shape index (κ2) is 10.3. The van der Waals surface area contributed by atoms with Crippen LogP contribution in [0.4, 0.5) is 0 Å². The van der Waals surface area contributed by atoms with Gasteiger partial charge in [-0.3, -0.25) is 9.36 Å². The molecular weight excluding hydrogens is 460 g/mol. The van der Waals surface area contributed by atoms with Crippen molar-refractivity contribution in [2.45, 2.75) is 11.7 Å². The number of carboxylic acid groups (broad SMARTS) is 1. The van der Waals surface area contributed by atoms with E-state index < -0.39 is 5.97 Å². The van der Waals surface area contributed by atoms with Crippen LogP contribution in [0.25, 0.3) is 16.4 Å². The number of thiophene rings is 1. The standard InChI is InChI=1S/C23H20N4O4S2/c1-31-18-10-9-15(12-17(18)22(29)30)13-24-20(28)14-33-23-26-25-21(19-8-5-11-32-19)27(23)16-6-3-2-4-7-16/h2-12H,13-14H2,1H3,(H,24,28)(H,29,30). The Morgan fingerprint density at radius 1 is 1.12 bits per heavy atom. The summed E-state index contributed by atoms with van der Waals surface area (Å²) < 4.78 is 7.00. The summed E-state index contributed by atoms with van der Waals surface area (Å²) in [5, 5.41) is 23.4. The Labute approximate surface area is 198 Å². The average molecular weight is 481 g/mol. The molecule has 8 nitrogen and oxygen atoms in total. The van der Waals surface area contributed by atoms with E-state index in [1.165, 1.54) is 24.9 Å². The van der Waals surface area contributed by atoms with Gasteiger partial charge in [0.05, 0.1) is 17.7 Å². The van der Waals surface area contributed by atoms with Crippen molar-refractivity contribution in [3.8, 4) is 22.1 Å². The van der Waals surface area contributed by atoms with Crippen molar-refractivity contribution in [3.05, 3.63) is 77.2 Å². The van der Waals surface area contributed by atoms with E-state index in [-0.39, 0.29) is 29.5 Å². The van der Waals surface area contributed by atoms with E-state index in [1.807, 2.05) is 52.4 Å². The van der Waals surface area contributed by atoms with Crippen LogP contribution in [0.1, 0.15) is 15.9 Å². The average Bonchev–Trinajstić information content (AvgIpc) is 3.51. The summed E-state index contributed by atoms with van der Waals surface area (Å²) >= 11 is 2.86. The maximum atomic E-state index is 12.5. The first-order valence-corrected chi connectivity index (χ1v) is 11.8. The van der Waals surface area contributed by atoms with E-state index in [4.69, 9.17) is 4.74 Å². The Balaban J connectivity index is 1.45. The lowest BCUT2D eigenvalue weighted by Crippen LogP contribution is -2.25. The quantitative estimate of drug-likeness (QED) is 0.347. The zero-order chi connectivity index (χ0) is 23.2. The largest absolute Gasteiger partial charge is 0.496 e. The van der Waals surface area contributed by atoms with Gasteiger partial charge in [0.15, 0.2) is 11.0 Å². The molecule has 0 bridgehead atoms. The highest BCUT2D eigenvalue weighted by Crippen LogP contribution is 2.30. The minimum atomic E-state index is -1.09. The van der Waals surface area contributed by atoms with Gasteiger partial charge in [0.1, 0.15) is 11.3 Å². The van der Waals surface area contributed by atoms with Crippen LogP contribution in [0.15, 0.2) is 71.2 Å². The van der Waals surface area contributed by atoms with Crippen LogP contribution >= 0.6 is 23.1 Å². The zero-order valence-electron chi connectivity index (χ0n) is 17.6. The van der Waals surface area contributed by atoms with Crippen LogP contribution in [0.5, 0.6) is 5.75 Å². The zero-order valence-corrected chi connectivity index (χ0v) is 19.2. The smallest absolute Gasteiger partial charge is 0.339 e. The SMILES string of the molecule is COc1ccc(CNC(=O)CSc2nnc(-c3cccs3)n2-c2ccccc2)cc1C(=O)O. The van der Waals surface area contributed by atoms with Crippen molar-refractivity contribution in [2.24, 2.45) is 0 Å². The first kappa shape index (κ1) is 22.6. The number of rotatable bonds is 9. The summed E-state index contributed by atoms with van der Waals surface area (Å²) in [6, 6.07) is 18.5. The second-order valence-corrected chi connectivity index (χ2v) is 8.75. The number of amides is 1. The fraction of sp³-hybridized carbons (Fsp3) is 0.130. The highest BCUT2D eigenvalue weighted by Gasteiger charge is 2.18. The minimum Gasteiger partial charge on any atom is -0.496 e. The number of carbonyl (C=O) groups excluding carboxylic acids is 1. The Morgan fingerprint density at radius 3 is 2.64 bits per heavy atom. The Kier molecular flexibility index (Phi) is 7.06. The topological polar surface area (TPSA) is 106 Å². The molecule has 0 radical (unpaired) electrons. The number of aromatic carboxylic acids is 1. The van der Waals surface area contributed by atoms with Crippen molar-refractivity contribution in [2.75, 3.05) is 12.9 Å². The van der Waals surface area contributed by atoms with Crippen molar-refractivity contribution < 1.29 is 19.4 Å². The van der Waals surface area contributed by atoms with Crippen LogP contribution < -0.4 is 10.1 Å². The third kappa shape index (κ3) is 5.24. The summed E-state index contributed by atoms with van der Waals surface area (Å²) in [6.45, 7) is 0.204. The highest BCUT2D eigenvalue weighted by atomic mass is 32.2. The molecule has 4 rings (SSSR count). The third-order valence-electron chi connectivity index (χ3n) is 4.71. The lowest BCUT2D eigenvalue weighted by molar-refractivity contribution is -0.118. The fourth-order valence-corrected chi connectivity index (χ4v) is 4.63. The maximum Gasteiger partial charge on any atom is 0.339 e. The molecule has 2 heterocycles. The third-order valence-corrected chi connectivity index (χ3v) is 6.50. The van der Waals surface area contributed by atoms with Crippen molar-refractivity contribution in [1.29, 1.82) is 0 Å². The van der Waals surface area contributed by atoms with Gasteiger partial charge in [-0.2, -0.15) is 0 Å². The van der Waals surface area contributed by atoms with Crippen molar-refractivity contribution in [1.82, 2.24) is 20.1 Å². The minimum absolute atomic E-state index is 0.0516. The summed E-state index contributed by atoms with van der Waals surface area (Å²) in [7, 11) is 1.42. The van der Waals surface area contributed by atoms with Crippen LogP contribution in [0, 0.1) is 0 Å². The molecule has 0 aliphatic rings. The number of nitrogens with one attached hydrogen (secondary N) is 1. The van der Waals surface area contributed by atoms with Crippen molar-refractivity contribution in [3.63, 3.8) is 0 Å². The molecule has 33 heavy (non-hydrogen) atoms. The fourth-order valence-electron chi connectivity index (χ4n) is 3.15. The molecule has 4 aromatic rings. The van der Waals surface area contributed by atoms with Crippen molar-refractivity contribution >= 4 is 35.0 Å². The van der Waals surface area contributed by atoms with E-state index in [2.05, 4.69) is 15.5 Å². The Bertz CT molecular complexity index is 1260. The molecule has 0 saturated carbocycles. The van der Waals surface area contributed by atoms with Gasteiger partial charge >= 0.3 is 5.97 Å². The number of benzene rings is 2. The number of ether oxygens (including phenoxy) is 1. The molecular formula is C23H20N4O4S2. The lowest BCUT2D eigenvalue weighted by atomic mass is 10.1. The lowest BCUT2D eigenvalue weighted by Gasteiger charge is -2.10.